The Morgan fingerprint density at radius 2 is 2.26 bits per heavy atom. The monoisotopic (exact) mass is 281 g/mol. The maximum Gasteiger partial charge on any atom is 0.257 e. The smallest absolute Gasteiger partial charge is 0.257 e. The van der Waals surface area contributed by atoms with Crippen molar-refractivity contribution in [3.8, 4) is 0 Å². The maximum absolute atomic E-state index is 12.4. The lowest BCUT2D eigenvalue weighted by Crippen LogP contribution is -2.40. The second-order valence-electron chi connectivity index (χ2n) is 4.63. The van der Waals surface area contributed by atoms with Crippen LogP contribution < -0.4 is 10.9 Å². The molecule has 0 spiro atoms. The van der Waals surface area contributed by atoms with Crippen molar-refractivity contribution in [1.29, 1.82) is 0 Å². The van der Waals surface area contributed by atoms with Crippen molar-refractivity contribution in [1.82, 2.24) is 14.9 Å². The van der Waals surface area contributed by atoms with Crippen molar-refractivity contribution in [2.45, 2.75) is 38.9 Å². The lowest BCUT2D eigenvalue weighted by Gasteiger charge is -2.25. The number of carbonyl (C=O) groups is 1. The van der Waals surface area contributed by atoms with E-state index < -0.39 is 0 Å². The Morgan fingerprint density at radius 1 is 1.53 bits per heavy atom. The molecule has 0 saturated heterocycles. The number of hydrogen-bond donors (Lipinski definition) is 1. The summed E-state index contributed by atoms with van der Waals surface area (Å²) in [5.41, 5.74) is 1.56. The first-order valence-corrected chi connectivity index (χ1v) is 7.57. The average Bonchev–Trinajstić information content (AvgIpc) is 2.39. The van der Waals surface area contributed by atoms with E-state index in [1.54, 1.807) is 4.57 Å². The average molecular weight is 281 g/mol. The van der Waals surface area contributed by atoms with Crippen LogP contribution in [0.4, 0.5) is 0 Å². The summed E-state index contributed by atoms with van der Waals surface area (Å²) in [5, 5.41) is 3.55. The molecular formula is C13H19N3O2S. The van der Waals surface area contributed by atoms with Gasteiger partial charge in [-0.25, -0.2) is 4.98 Å². The van der Waals surface area contributed by atoms with Crippen LogP contribution in [0.3, 0.4) is 0 Å². The van der Waals surface area contributed by atoms with Gasteiger partial charge in [0, 0.05) is 30.1 Å². The molecule has 1 aliphatic rings. The molecule has 6 heteroatoms. The van der Waals surface area contributed by atoms with Gasteiger partial charge in [-0.05, 0) is 20.3 Å². The summed E-state index contributed by atoms with van der Waals surface area (Å²) >= 11 is 1.49. The van der Waals surface area contributed by atoms with Gasteiger partial charge in [-0.2, -0.15) is 0 Å². The van der Waals surface area contributed by atoms with E-state index in [1.165, 1.54) is 11.8 Å². The van der Waals surface area contributed by atoms with Crippen molar-refractivity contribution in [2.24, 2.45) is 5.92 Å². The molecule has 1 N–H and O–H groups in total. The Morgan fingerprint density at radius 3 is 2.89 bits per heavy atom. The minimum Gasteiger partial charge on any atom is -0.356 e. The number of thioether (sulfide) groups is 1. The molecule has 1 aliphatic heterocycles. The van der Waals surface area contributed by atoms with Crippen molar-refractivity contribution >= 4 is 17.7 Å². The molecule has 1 amide bonds. The fourth-order valence-corrected chi connectivity index (χ4v) is 3.40. The van der Waals surface area contributed by atoms with E-state index in [9.17, 15) is 9.59 Å². The van der Waals surface area contributed by atoms with Crippen LogP contribution in [0, 0.1) is 12.8 Å². The Labute approximate surface area is 116 Å². The molecule has 1 aromatic rings. The molecular weight excluding hydrogens is 262 g/mol. The molecule has 0 fully saturated rings. The topological polar surface area (TPSA) is 64.0 Å². The zero-order valence-electron chi connectivity index (χ0n) is 11.5. The molecule has 0 aliphatic carbocycles. The number of rotatable bonds is 3. The number of nitrogens with one attached hydrogen (secondary N) is 1. The third-order valence-corrected chi connectivity index (χ3v) is 4.47. The van der Waals surface area contributed by atoms with Gasteiger partial charge in [0.1, 0.15) is 0 Å². The summed E-state index contributed by atoms with van der Waals surface area (Å²) in [6.07, 6.45) is 0.675. The lowest BCUT2D eigenvalue weighted by molar-refractivity contribution is -0.124. The molecule has 104 valence electrons. The molecule has 0 radical (unpaired) electrons. The van der Waals surface area contributed by atoms with Crippen LogP contribution >= 0.6 is 11.8 Å². The van der Waals surface area contributed by atoms with E-state index >= 15 is 0 Å². The highest BCUT2D eigenvalue weighted by molar-refractivity contribution is 7.99. The minimum absolute atomic E-state index is 0.00602. The molecule has 0 bridgehead atoms. The number of carbonyl (C=O) groups excluding carboxylic acids is 1. The number of aryl methyl sites for hydroxylation is 1. The number of nitrogens with zero attached hydrogens (tertiary/aromatic N) is 2. The zero-order valence-corrected chi connectivity index (χ0v) is 12.3. The number of hydrogen-bond acceptors (Lipinski definition) is 4. The Balaban J connectivity index is 2.34. The van der Waals surface area contributed by atoms with Crippen LogP contribution in [0.2, 0.25) is 0 Å². The summed E-state index contributed by atoms with van der Waals surface area (Å²) in [6.45, 7) is 6.78. The predicted molar refractivity (Wildman–Crippen MR) is 75.5 cm³/mol. The van der Waals surface area contributed by atoms with Crippen LogP contribution in [0.15, 0.2) is 9.95 Å². The molecule has 5 nitrogen and oxygen atoms in total. The minimum atomic E-state index is -0.149. The molecule has 1 unspecified atom stereocenters. The number of fused-ring (bicyclic) bond motifs is 1. The van der Waals surface area contributed by atoms with E-state index in [-0.39, 0.29) is 17.4 Å². The summed E-state index contributed by atoms with van der Waals surface area (Å²) < 4.78 is 1.65. The fraction of sp³-hybridized carbons (Fsp3) is 0.615. The summed E-state index contributed by atoms with van der Waals surface area (Å²) in [4.78, 5) is 28.7. The molecule has 2 rings (SSSR count). The van der Waals surface area contributed by atoms with Gasteiger partial charge in [-0.3, -0.25) is 14.2 Å². The van der Waals surface area contributed by atoms with Crippen LogP contribution in [0.1, 0.15) is 25.1 Å². The van der Waals surface area contributed by atoms with E-state index in [0.29, 0.717) is 25.3 Å². The summed E-state index contributed by atoms with van der Waals surface area (Å²) in [7, 11) is 0. The van der Waals surface area contributed by atoms with Gasteiger partial charge in [0.15, 0.2) is 5.16 Å². The maximum atomic E-state index is 12.4. The zero-order chi connectivity index (χ0) is 14.0. The molecule has 0 aromatic carbocycles. The third kappa shape index (κ3) is 2.68. The van der Waals surface area contributed by atoms with Crippen LogP contribution in [0.25, 0.3) is 0 Å². The van der Waals surface area contributed by atoms with E-state index in [2.05, 4.69) is 10.3 Å². The first kappa shape index (κ1) is 14.1. The molecule has 19 heavy (non-hydrogen) atoms. The van der Waals surface area contributed by atoms with Gasteiger partial charge in [0.2, 0.25) is 5.91 Å². The Hall–Kier alpha value is -1.30. The summed E-state index contributed by atoms with van der Waals surface area (Å²) in [6, 6.07) is 0. The van der Waals surface area contributed by atoms with Crippen LogP contribution in [-0.2, 0) is 17.8 Å². The van der Waals surface area contributed by atoms with Gasteiger partial charge >= 0.3 is 0 Å². The molecule has 1 atom stereocenters. The van der Waals surface area contributed by atoms with Gasteiger partial charge in [0.25, 0.3) is 5.56 Å². The Bertz CT molecular complexity index is 554. The van der Waals surface area contributed by atoms with Crippen LogP contribution in [-0.4, -0.2) is 27.8 Å². The van der Waals surface area contributed by atoms with Gasteiger partial charge in [-0.1, -0.05) is 18.7 Å². The van der Waals surface area contributed by atoms with E-state index in [4.69, 9.17) is 0 Å². The molecule has 1 aromatic heterocycles. The van der Waals surface area contributed by atoms with Gasteiger partial charge in [-0.15, -0.1) is 0 Å². The highest BCUT2D eigenvalue weighted by atomic mass is 32.2. The van der Waals surface area contributed by atoms with Gasteiger partial charge < -0.3 is 5.32 Å². The fourth-order valence-electron chi connectivity index (χ4n) is 2.28. The Kier molecular flexibility index (Phi) is 4.29. The lowest BCUT2D eigenvalue weighted by atomic mass is 10.1. The third-order valence-electron chi connectivity index (χ3n) is 3.33. The molecule has 0 saturated carbocycles. The van der Waals surface area contributed by atoms with Gasteiger partial charge in [0.05, 0.1) is 5.92 Å². The highest BCUT2D eigenvalue weighted by Crippen LogP contribution is 2.25. The van der Waals surface area contributed by atoms with Crippen molar-refractivity contribution in [3.63, 3.8) is 0 Å². The molecule has 2 heterocycles. The first-order chi connectivity index (χ1) is 9.08. The first-order valence-electron chi connectivity index (χ1n) is 6.59. The SMILES string of the molecule is CCNC(=O)C1CSc2nc(C)c(CC)c(=O)n2C1. The standard InChI is InChI=1S/C13H19N3O2S/c1-4-10-8(3)15-13-16(12(10)18)6-9(7-19-13)11(17)14-5-2/h9H,4-7H2,1-3H3,(H,14,17). The van der Waals surface area contributed by atoms with Crippen LogP contribution in [0.5, 0.6) is 0 Å². The number of aromatic nitrogens is 2. The van der Waals surface area contributed by atoms with Crippen molar-refractivity contribution in [2.75, 3.05) is 12.3 Å². The largest absolute Gasteiger partial charge is 0.356 e. The quantitative estimate of drug-likeness (QED) is 0.839. The van der Waals surface area contributed by atoms with Crippen molar-refractivity contribution < 1.29 is 4.79 Å². The van der Waals surface area contributed by atoms with E-state index in [1.807, 2.05) is 20.8 Å². The second kappa shape index (κ2) is 5.77. The summed E-state index contributed by atoms with van der Waals surface area (Å²) in [5.74, 6) is 0.555. The predicted octanol–water partition coefficient (Wildman–Crippen LogP) is 0.972. The second-order valence-corrected chi connectivity index (χ2v) is 5.62. The normalized spacial score (nSPS) is 17.9. The van der Waals surface area contributed by atoms with E-state index in [0.717, 1.165) is 16.4 Å². The van der Waals surface area contributed by atoms with Crippen molar-refractivity contribution in [3.05, 3.63) is 21.6 Å². The highest BCUT2D eigenvalue weighted by Gasteiger charge is 2.27. The number of amides is 1.